The van der Waals surface area contributed by atoms with Gasteiger partial charge in [0.2, 0.25) is 5.91 Å². The lowest BCUT2D eigenvalue weighted by molar-refractivity contribution is -0.137. The molecule has 0 saturated carbocycles. The third kappa shape index (κ3) is 3.20. The molecule has 1 heterocycles. The summed E-state index contributed by atoms with van der Waals surface area (Å²) in [6, 6.07) is 0.458. The Balaban J connectivity index is 2.49. The maximum Gasteiger partial charge on any atom is 0.225 e. The van der Waals surface area contributed by atoms with Crippen molar-refractivity contribution in [3.8, 4) is 0 Å². The first-order chi connectivity index (χ1) is 7.20. The first-order valence-electron chi connectivity index (χ1n) is 6.18. The lowest BCUT2D eigenvalue weighted by Gasteiger charge is -2.33. The summed E-state index contributed by atoms with van der Waals surface area (Å²) in [5, 5.41) is 3.33. The molecule has 0 aromatic rings. The Hall–Kier alpha value is -0.570. The van der Waals surface area contributed by atoms with Crippen LogP contribution in [0.1, 0.15) is 39.5 Å². The Bertz CT molecular complexity index is 196. The maximum atomic E-state index is 12.1. The van der Waals surface area contributed by atoms with Crippen LogP contribution < -0.4 is 5.32 Å². The summed E-state index contributed by atoms with van der Waals surface area (Å²) < 4.78 is 0. The third-order valence-electron chi connectivity index (χ3n) is 3.54. The average Bonchev–Trinajstić information content (AvgIpc) is 2.30. The van der Waals surface area contributed by atoms with Crippen LogP contribution >= 0.6 is 0 Å². The molecule has 1 N–H and O–H groups in total. The predicted octanol–water partition coefficient (Wildman–Crippen LogP) is 1.63. The van der Waals surface area contributed by atoms with E-state index in [2.05, 4.69) is 19.2 Å². The van der Waals surface area contributed by atoms with Crippen molar-refractivity contribution in [1.82, 2.24) is 10.2 Å². The van der Waals surface area contributed by atoms with Gasteiger partial charge in [0.15, 0.2) is 0 Å². The zero-order valence-corrected chi connectivity index (χ0v) is 10.3. The van der Waals surface area contributed by atoms with Gasteiger partial charge >= 0.3 is 0 Å². The minimum absolute atomic E-state index is 0.227. The zero-order valence-electron chi connectivity index (χ0n) is 10.3. The Kier molecular flexibility index (Phi) is 5.09. The van der Waals surface area contributed by atoms with Gasteiger partial charge in [0.25, 0.3) is 0 Å². The number of carbonyl (C=O) groups excluding carboxylic acids is 1. The second-order valence-corrected chi connectivity index (χ2v) is 4.44. The molecule has 1 aliphatic rings. The Morgan fingerprint density at radius 2 is 1.87 bits per heavy atom. The molecule has 0 radical (unpaired) electrons. The first-order valence-corrected chi connectivity index (χ1v) is 6.18. The van der Waals surface area contributed by atoms with Gasteiger partial charge in [-0.05, 0) is 38.8 Å². The third-order valence-corrected chi connectivity index (χ3v) is 3.54. The molecule has 15 heavy (non-hydrogen) atoms. The molecule has 0 unspecified atom stereocenters. The van der Waals surface area contributed by atoms with Gasteiger partial charge in [0.1, 0.15) is 0 Å². The largest absolute Gasteiger partial charge is 0.342 e. The summed E-state index contributed by atoms with van der Waals surface area (Å²) in [5.41, 5.74) is 0. The molecular weight excluding hydrogens is 188 g/mol. The quantitative estimate of drug-likeness (QED) is 0.768. The first kappa shape index (κ1) is 12.5. The molecule has 1 aliphatic heterocycles. The molecule has 0 bridgehead atoms. The van der Waals surface area contributed by atoms with Crippen LogP contribution in [0.15, 0.2) is 0 Å². The van der Waals surface area contributed by atoms with Crippen molar-refractivity contribution >= 4 is 5.91 Å². The van der Waals surface area contributed by atoms with Crippen molar-refractivity contribution in [2.24, 2.45) is 5.92 Å². The second-order valence-electron chi connectivity index (χ2n) is 4.44. The van der Waals surface area contributed by atoms with E-state index in [1.54, 1.807) is 0 Å². The number of nitrogens with zero attached hydrogens (tertiary/aromatic N) is 1. The molecule has 0 aromatic carbocycles. The van der Waals surface area contributed by atoms with E-state index in [0.717, 1.165) is 38.8 Å². The van der Waals surface area contributed by atoms with Gasteiger partial charge in [0.05, 0.1) is 0 Å². The molecular formula is C12H24N2O. The lowest BCUT2D eigenvalue weighted by Crippen LogP contribution is -2.45. The Labute approximate surface area is 93.2 Å². The lowest BCUT2D eigenvalue weighted by atomic mass is 9.98. The van der Waals surface area contributed by atoms with Crippen LogP contribution in [0.5, 0.6) is 0 Å². The molecule has 1 fully saturated rings. The van der Waals surface area contributed by atoms with Crippen molar-refractivity contribution in [2.45, 2.75) is 45.6 Å². The molecule has 0 aliphatic carbocycles. The van der Waals surface area contributed by atoms with Gasteiger partial charge < -0.3 is 10.2 Å². The van der Waals surface area contributed by atoms with E-state index in [9.17, 15) is 4.79 Å². The summed E-state index contributed by atoms with van der Waals surface area (Å²) in [4.78, 5) is 14.1. The predicted molar refractivity (Wildman–Crippen MR) is 62.7 cm³/mol. The normalized spacial score (nSPS) is 18.1. The minimum Gasteiger partial charge on any atom is -0.342 e. The Morgan fingerprint density at radius 3 is 2.33 bits per heavy atom. The van der Waals surface area contributed by atoms with Crippen LogP contribution in [-0.2, 0) is 4.79 Å². The van der Waals surface area contributed by atoms with E-state index in [1.165, 1.54) is 0 Å². The summed E-state index contributed by atoms with van der Waals surface area (Å²) in [7, 11) is 1.97. The minimum atomic E-state index is 0.227. The zero-order chi connectivity index (χ0) is 11.3. The molecule has 0 atom stereocenters. The van der Waals surface area contributed by atoms with E-state index in [-0.39, 0.29) is 5.92 Å². The van der Waals surface area contributed by atoms with Crippen LogP contribution in [0.3, 0.4) is 0 Å². The highest BCUT2D eigenvalue weighted by molar-refractivity contribution is 5.78. The van der Waals surface area contributed by atoms with Crippen molar-refractivity contribution in [3.05, 3.63) is 0 Å². The standard InChI is InChI=1S/C12H24N2O/c1-4-10(5-2)12(15)14(3)11-6-8-13-9-7-11/h10-11,13H,4-9H2,1-3H3. The van der Waals surface area contributed by atoms with Crippen molar-refractivity contribution in [2.75, 3.05) is 20.1 Å². The SMILES string of the molecule is CCC(CC)C(=O)N(C)C1CCNCC1. The summed E-state index contributed by atoms with van der Waals surface area (Å²) in [6.45, 7) is 6.29. The van der Waals surface area contributed by atoms with Crippen LogP contribution in [-0.4, -0.2) is 37.0 Å². The number of carbonyl (C=O) groups is 1. The van der Waals surface area contributed by atoms with Crippen molar-refractivity contribution < 1.29 is 4.79 Å². The highest BCUT2D eigenvalue weighted by Gasteiger charge is 2.25. The van der Waals surface area contributed by atoms with Gasteiger partial charge in [-0.1, -0.05) is 13.8 Å². The summed E-state index contributed by atoms with van der Waals surface area (Å²) in [6.07, 6.45) is 4.13. The van der Waals surface area contributed by atoms with E-state index in [1.807, 2.05) is 11.9 Å². The number of piperidine rings is 1. The van der Waals surface area contributed by atoms with Crippen molar-refractivity contribution in [3.63, 3.8) is 0 Å². The smallest absolute Gasteiger partial charge is 0.225 e. The van der Waals surface area contributed by atoms with E-state index < -0.39 is 0 Å². The van der Waals surface area contributed by atoms with Crippen LogP contribution in [0.25, 0.3) is 0 Å². The summed E-state index contributed by atoms with van der Waals surface area (Å²) >= 11 is 0. The fraction of sp³-hybridized carbons (Fsp3) is 0.917. The fourth-order valence-electron chi connectivity index (χ4n) is 2.30. The summed E-state index contributed by atoms with van der Waals surface area (Å²) in [5.74, 6) is 0.566. The Morgan fingerprint density at radius 1 is 1.33 bits per heavy atom. The van der Waals surface area contributed by atoms with Gasteiger partial charge in [0, 0.05) is 19.0 Å². The number of hydrogen-bond acceptors (Lipinski definition) is 2. The molecule has 1 rings (SSSR count). The highest BCUT2D eigenvalue weighted by Crippen LogP contribution is 2.16. The van der Waals surface area contributed by atoms with Crippen LogP contribution in [0, 0.1) is 5.92 Å². The maximum absolute atomic E-state index is 12.1. The van der Waals surface area contributed by atoms with Gasteiger partial charge in [-0.2, -0.15) is 0 Å². The van der Waals surface area contributed by atoms with E-state index in [4.69, 9.17) is 0 Å². The number of amides is 1. The number of nitrogens with one attached hydrogen (secondary N) is 1. The molecule has 3 nitrogen and oxygen atoms in total. The molecule has 3 heteroatoms. The number of rotatable bonds is 4. The topological polar surface area (TPSA) is 32.3 Å². The highest BCUT2D eigenvalue weighted by atomic mass is 16.2. The van der Waals surface area contributed by atoms with Crippen LogP contribution in [0.2, 0.25) is 0 Å². The monoisotopic (exact) mass is 212 g/mol. The van der Waals surface area contributed by atoms with E-state index in [0.29, 0.717) is 11.9 Å². The molecule has 88 valence electrons. The fourth-order valence-corrected chi connectivity index (χ4v) is 2.30. The molecule has 0 spiro atoms. The number of hydrogen-bond donors (Lipinski definition) is 1. The molecule has 0 aromatic heterocycles. The van der Waals surface area contributed by atoms with E-state index >= 15 is 0 Å². The van der Waals surface area contributed by atoms with Gasteiger partial charge in [-0.25, -0.2) is 0 Å². The second kappa shape index (κ2) is 6.11. The van der Waals surface area contributed by atoms with Crippen LogP contribution in [0.4, 0.5) is 0 Å². The van der Waals surface area contributed by atoms with Gasteiger partial charge in [-0.15, -0.1) is 0 Å². The van der Waals surface area contributed by atoms with Crippen molar-refractivity contribution in [1.29, 1.82) is 0 Å². The molecule has 1 amide bonds. The van der Waals surface area contributed by atoms with Gasteiger partial charge in [-0.3, -0.25) is 4.79 Å². The molecule has 1 saturated heterocycles. The average molecular weight is 212 g/mol.